The van der Waals surface area contributed by atoms with Gasteiger partial charge in [-0.15, -0.1) is 0 Å². The smallest absolute Gasteiger partial charge is 0.289 e. The Balaban J connectivity index is 1.40. The summed E-state index contributed by atoms with van der Waals surface area (Å²) in [6.45, 7) is 0.202. The predicted molar refractivity (Wildman–Crippen MR) is 106 cm³/mol. The van der Waals surface area contributed by atoms with Crippen LogP contribution >= 0.6 is 0 Å². The molecular weight excluding hydrogens is 378 g/mol. The molecule has 2 aromatic carbocycles. The van der Waals surface area contributed by atoms with E-state index in [-0.39, 0.29) is 35.8 Å². The maximum atomic E-state index is 12.6. The number of nitrogens with zero attached hydrogens (tertiary/aromatic N) is 1. The molecule has 0 aliphatic carbocycles. The fourth-order valence-electron chi connectivity index (χ4n) is 3.40. The predicted octanol–water partition coefficient (Wildman–Crippen LogP) is 3.27. The Morgan fingerprint density at radius 1 is 1.14 bits per heavy atom. The normalized spacial score (nSPS) is 18.2. The summed E-state index contributed by atoms with van der Waals surface area (Å²) in [5, 5.41) is 2.22. The quantitative estimate of drug-likeness (QED) is 0.658. The van der Waals surface area contributed by atoms with E-state index in [1.54, 1.807) is 19.2 Å². The number of hydrogen-bond donors (Lipinski definition) is 0. The molecule has 1 aromatic heterocycles. The Morgan fingerprint density at radius 2 is 1.93 bits per heavy atom. The lowest BCUT2D eigenvalue weighted by atomic mass is 10.1. The summed E-state index contributed by atoms with van der Waals surface area (Å²) >= 11 is 0. The molecular formula is C21H21NO5S. The molecule has 28 heavy (non-hydrogen) atoms. The van der Waals surface area contributed by atoms with E-state index in [1.807, 2.05) is 42.5 Å². The van der Waals surface area contributed by atoms with Gasteiger partial charge in [0.2, 0.25) is 0 Å². The van der Waals surface area contributed by atoms with Crippen molar-refractivity contribution >= 4 is 26.5 Å². The molecule has 4 rings (SSSR count). The van der Waals surface area contributed by atoms with Gasteiger partial charge in [-0.3, -0.25) is 4.79 Å². The third kappa shape index (κ3) is 3.89. The molecule has 0 spiro atoms. The number of benzene rings is 2. The topological polar surface area (TPSA) is 76.8 Å². The highest BCUT2D eigenvalue weighted by Crippen LogP contribution is 2.23. The molecule has 1 aliphatic rings. The number of ether oxygens (including phenoxy) is 1. The van der Waals surface area contributed by atoms with Crippen molar-refractivity contribution < 1.29 is 22.4 Å². The van der Waals surface area contributed by atoms with Crippen LogP contribution in [0.5, 0.6) is 5.75 Å². The maximum absolute atomic E-state index is 12.6. The highest BCUT2D eigenvalue weighted by Gasteiger charge is 2.33. The fraction of sp³-hybridized carbons (Fsp3) is 0.286. The number of fused-ring (bicyclic) bond motifs is 1. The van der Waals surface area contributed by atoms with Gasteiger partial charge in [-0.25, -0.2) is 8.42 Å². The zero-order valence-electron chi connectivity index (χ0n) is 15.5. The van der Waals surface area contributed by atoms with E-state index in [0.29, 0.717) is 12.2 Å². The second-order valence-electron chi connectivity index (χ2n) is 7.04. The second-order valence-corrected chi connectivity index (χ2v) is 9.27. The zero-order valence-corrected chi connectivity index (χ0v) is 16.3. The van der Waals surface area contributed by atoms with Crippen molar-refractivity contribution in [2.45, 2.75) is 19.1 Å². The molecule has 146 valence electrons. The lowest BCUT2D eigenvalue weighted by molar-refractivity contribution is 0.0711. The molecule has 2 heterocycles. The first-order valence-electron chi connectivity index (χ1n) is 9.09. The van der Waals surface area contributed by atoms with Crippen LogP contribution in [0.4, 0.5) is 0 Å². The van der Waals surface area contributed by atoms with Crippen molar-refractivity contribution in [3.8, 4) is 5.75 Å². The number of amides is 1. The third-order valence-electron chi connectivity index (χ3n) is 5.05. The Labute approximate surface area is 163 Å². The average molecular weight is 399 g/mol. The molecule has 1 fully saturated rings. The first kappa shape index (κ1) is 18.6. The molecule has 0 bridgehead atoms. The Kier molecular flexibility index (Phi) is 4.85. The van der Waals surface area contributed by atoms with Crippen molar-refractivity contribution in [2.24, 2.45) is 0 Å². The summed E-state index contributed by atoms with van der Waals surface area (Å²) < 4.78 is 34.7. The summed E-state index contributed by atoms with van der Waals surface area (Å²) in [6.07, 6.45) is 0.462. The monoisotopic (exact) mass is 399 g/mol. The molecule has 1 unspecified atom stereocenters. The van der Waals surface area contributed by atoms with Crippen molar-refractivity contribution in [1.29, 1.82) is 0 Å². The standard InChI is InChI=1S/C21H21NO5S/c1-22(17-10-11-28(24,25)14-17)21(23)20-9-8-19(27-20)13-26-18-7-6-15-4-2-3-5-16(15)12-18/h2-9,12,17H,10-11,13-14H2,1H3. The van der Waals surface area contributed by atoms with Gasteiger partial charge < -0.3 is 14.1 Å². The number of hydrogen-bond acceptors (Lipinski definition) is 5. The number of rotatable bonds is 5. The van der Waals surface area contributed by atoms with E-state index in [1.165, 1.54) is 4.90 Å². The van der Waals surface area contributed by atoms with E-state index in [9.17, 15) is 13.2 Å². The fourth-order valence-corrected chi connectivity index (χ4v) is 5.18. The van der Waals surface area contributed by atoms with Gasteiger partial charge in [0.05, 0.1) is 11.5 Å². The van der Waals surface area contributed by atoms with Crippen LogP contribution < -0.4 is 4.74 Å². The van der Waals surface area contributed by atoms with Crippen LogP contribution in [-0.4, -0.2) is 43.8 Å². The largest absolute Gasteiger partial charge is 0.486 e. The number of sulfone groups is 1. The van der Waals surface area contributed by atoms with Crippen LogP contribution in [0.25, 0.3) is 10.8 Å². The minimum atomic E-state index is -3.05. The van der Waals surface area contributed by atoms with Crippen molar-refractivity contribution in [3.63, 3.8) is 0 Å². The first-order valence-corrected chi connectivity index (χ1v) is 10.9. The molecule has 0 radical (unpaired) electrons. The minimum Gasteiger partial charge on any atom is -0.486 e. The molecule has 1 amide bonds. The van der Waals surface area contributed by atoms with E-state index < -0.39 is 9.84 Å². The van der Waals surface area contributed by atoms with Gasteiger partial charge in [-0.05, 0) is 41.5 Å². The van der Waals surface area contributed by atoms with Crippen LogP contribution in [0.15, 0.2) is 59.0 Å². The van der Waals surface area contributed by atoms with Crippen molar-refractivity contribution in [1.82, 2.24) is 4.90 Å². The summed E-state index contributed by atoms with van der Waals surface area (Å²) in [5.41, 5.74) is 0. The number of carbonyl (C=O) groups excluding carboxylic acids is 1. The molecule has 7 heteroatoms. The van der Waals surface area contributed by atoms with Crippen LogP contribution in [0.2, 0.25) is 0 Å². The van der Waals surface area contributed by atoms with E-state index in [2.05, 4.69) is 0 Å². The lowest BCUT2D eigenvalue weighted by Crippen LogP contribution is -2.37. The Bertz CT molecular complexity index is 1120. The van der Waals surface area contributed by atoms with Crippen molar-refractivity contribution in [2.75, 3.05) is 18.6 Å². The summed E-state index contributed by atoms with van der Waals surface area (Å²) in [4.78, 5) is 14.0. The van der Waals surface area contributed by atoms with Gasteiger partial charge in [-0.2, -0.15) is 0 Å². The van der Waals surface area contributed by atoms with Crippen LogP contribution in [0.3, 0.4) is 0 Å². The molecule has 0 N–H and O–H groups in total. The summed E-state index contributed by atoms with van der Waals surface area (Å²) in [6, 6.07) is 16.9. The molecule has 3 aromatic rings. The maximum Gasteiger partial charge on any atom is 0.289 e. The molecule has 1 saturated heterocycles. The minimum absolute atomic E-state index is 0.00782. The molecule has 6 nitrogen and oxygen atoms in total. The third-order valence-corrected chi connectivity index (χ3v) is 6.80. The Morgan fingerprint density at radius 3 is 2.68 bits per heavy atom. The van der Waals surface area contributed by atoms with Gasteiger partial charge in [-0.1, -0.05) is 30.3 Å². The van der Waals surface area contributed by atoms with Gasteiger partial charge in [0.25, 0.3) is 5.91 Å². The molecule has 0 saturated carbocycles. The van der Waals surface area contributed by atoms with Crippen LogP contribution in [0, 0.1) is 0 Å². The zero-order chi connectivity index (χ0) is 19.7. The van der Waals surface area contributed by atoms with Gasteiger partial charge >= 0.3 is 0 Å². The van der Waals surface area contributed by atoms with Gasteiger partial charge in [0, 0.05) is 13.1 Å². The Hall–Kier alpha value is -2.80. The number of carbonyl (C=O) groups is 1. The van der Waals surface area contributed by atoms with E-state index in [0.717, 1.165) is 16.5 Å². The van der Waals surface area contributed by atoms with Gasteiger partial charge in [0.15, 0.2) is 15.6 Å². The SMILES string of the molecule is CN(C(=O)c1ccc(COc2ccc3ccccc3c2)o1)C1CCS(=O)(=O)C1. The average Bonchev–Trinajstić information content (AvgIpc) is 3.31. The first-order chi connectivity index (χ1) is 13.4. The van der Waals surface area contributed by atoms with E-state index in [4.69, 9.17) is 9.15 Å². The molecule has 1 atom stereocenters. The van der Waals surface area contributed by atoms with E-state index >= 15 is 0 Å². The van der Waals surface area contributed by atoms with Crippen LogP contribution in [0.1, 0.15) is 22.7 Å². The highest BCUT2D eigenvalue weighted by molar-refractivity contribution is 7.91. The lowest BCUT2D eigenvalue weighted by Gasteiger charge is -2.22. The summed E-state index contributed by atoms with van der Waals surface area (Å²) in [7, 11) is -1.44. The van der Waals surface area contributed by atoms with Crippen LogP contribution in [-0.2, 0) is 16.4 Å². The highest BCUT2D eigenvalue weighted by atomic mass is 32.2. The second kappa shape index (κ2) is 7.31. The molecule has 1 aliphatic heterocycles. The summed E-state index contributed by atoms with van der Waals surface area (Å²) in [5.74, 6) is 1.25. The number of furan rings is 1. The van der Waals surface area contributed by atoms with Crippen molar-refractivity contribution in [3.05, 3.63) is 66.1 Å². The van der Waals surface area contributed by atoms with Gasteiger partial charge in [0.1, 0.15) is 18.1 Å².